The molecule has 4 rings (SSSR count). The lowest BCUT2D eigenvalue weighted by atomic mass is 10.2. The summed E-state index contributed by atoms with van der Waals surface area (Å²) in [5, 5.41) is 3.12. The molecule has 3 aromatic rings. The zero-order chi connectivity index (χ0) is 26.5. The van der Waals surface area contributed by atoms with Crippen molar-refractivity contribution in [2.75, 3.05) is 6.61 Å². The number of aryl methyl sites for hydroxylation is 1. The minimum Gasteiger partial charge on any atom is -0.490 e. The molecule has 36 heavy (non-hydrogen) atoms. The first-order valence-corrected chi connectivity index (χ1v) is 19.2. The molecule has 1 unspecified atom stereocenters. The highest BCUT2D eigenvalue weighted by molar-refractivity contribution is 6.95. The van der Waals surface area contributed by atoms with Gasteiger partial charge in [-0.2, -0.15) is 0 Å². The quantitative estimate of drug-likeness (QED) is 0.233. The average molecular weight is 514 g/mol. The lowest BCUT2D eigenvalue weighted by molar-refractivity contribution is 0.368. The van der Waals surface area contributed by atoms with E-state index in [1.54, 1.807) is 0 Å². The molecule has 0 saturated carbocycles. The molecular weight excluding hydrogens is 471 g/mol. The monoisotopic (exact) mass is 513 g/mol. The van der Waals surface area contributed by atoms with Gasteiger partial charge >= 0.3 is 0 Å². The Bertz CT molecular complexity index is 1310. The number of rotatable bonds is 7. The molecule has 1 heterocycles. The maximum Gasteiger partial charge on any atom is 0.118 e. The molecule has 1 aromatic heterocycles. The Labute approximate surface area is 220 Å². The summed E-state index contributed by atoms with van der Waals surface area (Å²) in [6.07, 6.45) is 6.54. The first-order valence-electron chi connectivity index (χ1n) is 13.1. The number of allylic oxidation sites excluding steroid dienone is 1. The lowest BCUT2D eigenvalue weighted by Gasteiger charge is -2.41. The molecule has 0 aliphatic heterocycles. The number of aromatic nitrogens is 1. The molecule has 0 radical (unpaired) electrons. The van der Waals surface area contributed by atoms with Crippen molar-refractivity contribution in [3.8, 4) is 11.4 Å². The van der Waals surface area contributed by atoms with Crippen molar-refractivity contribution in [1.29, 1.82) is 0 Å². The topological polar surface area (TPSA) is 14.2 Å². The van der Waals surface area contributed by atoms with Gasteiger partial charge in [0, 0.05) is 23.1 Å². The first kappa shape index (κ1) is 26.5. The standard InChI is InChI=1S/C32H43NOSi2/c1-11-19-34-30-28(20-23(2)21-29(30)36(9,10)32(4,5)6)35(7,8)31-24(3)22-27-26(31)17-18-33(27)25-15-13-12-14-16-25/h11-18,20-22,31H,1,19H2,2-10H3. The van der Waals surface area contributed by atoms with Crippen molar-refractivity contribution in [1.82, 2.24) is 4.57 Å². The van der Waals surface area contributed by atoms with Gasteiger partial charge in [0.25, 0.3) is 0 Å². The Balaban J connectivity index is 1.90. The Kier molecular flexibility index (Phi) is 6.91. The third kappa shape index (κ3) is 4.39. The highest BCUT2D eigenvalue weighted by Crippen LogP contribution is 2.45. The predicted octanol–water partition coefficient (Wildman–Crippen LogP) is 7.72. The van der Waals surface area contributed by atoms with Crippen LogP contribution in [0.4, 0.5) is 0 Å². The predicted molar refractivity (Wildman–Crippen MR) is 163 cm³/mol. The molecule has 1 atom stereocenters. The van der Waals surface area contributed by atoms with E-state index in [0.29, 0.717) is 12.1 Å². The van der Waals surface area contributed by atoms with E-state index >= 15 is 0 Å². The molecule has 0 fully saturated rings. The van der Waals surface area contributed by atoms with Crippen molar-refractivity contribution >= 4 is 32.6 Å². The second-order valence-electron chi connectivity index (χ2n) is 12.6. The van der Waals surface area contributed by atoms with E-state index in [2.05, 4.69) is 133 Å². The molecule has 4 heteroatoms. The minimum absolute atomic E-state index is 0.222. The van der Waals surface area contributed by atoms with Gasteiger partial charge in [0.1, 0.15) is 12.4 Å². The van der Waals surface area contributed by atoms with Gasteiger partial charge in [-0.25, -0.2) is 0 Å². The maximum atomic E-state index is 6.62. The highest BCUT2D eigenvalue weighted by Gasteiger charge is 2.45. The summed E-state index contributed by atoms with van der Waals surface area (Å²) < 4.78 is 8.97. The van der Waals surface area contributed by atoms with Crippen LogP contribution in [0.3, 0.4) is 0 Å². The van der Waals surface area contributed by atoms with Crippen LogP contribution in [0.15, 0.2) is 73.0 Å². The number of nitrogens with zero attached hydrogens (tertiary/aromatic N) is 1. The molecule has 190 valence electrons. The van der Waals surface area contributed by atoms with E-state index in [0.717, 1.165) is 5.75 Å². The van der Waals surface area contributed by atoms with Crippen molar-refractivity contribution < 1.29 is 4.74 Å². The van der Waals surface area contributed by atoms with Gasteiger partial charge in [-0.1, -0.05) is 101 Å². The third-order valence-corrected chi connectivity index (χ3v) is 18.1. The van der Waals surface area contributed by atoms with Crippen molar-refractivity contribution in [2.45, 2.75) is 71.4 Å². The molecule has 0 bridgehead atoms. The van der Waals surface area contributed by atoms with E-state index in [-0.39, 0.29) is 5.04 Å². The van der Waals surface area contributed by atoms with Gasteiger partial charge < -0.3 is 9.30 Å². The van der Waals surface area contributed by atoms with Gasteiger partial charge in [-0.3, -0.25) is 0 Å². The molecule has 1 aliphatic rings. The fourth-order valence-corrected chi connectivity index (χ4v) is 12.0. The number of fused-ring (bicyclic) bond motifs is 1. The highest BCUT2D eigenvalue weighted by atomic mass is 28.3. The Hall–Kier alpha value is -2.57. The van der Waals surface area contributed by atoms with E-state index in [1.807, 2.05) is 6.08 Å². The summed E-state index contributed by atoms with van der Waals surface area (Å²) in [5.74, 6) is 1.15. The number of hydrogen-bond acceptors (Lipinski definition) is 1. The van der Waals surface area contributed by atoms with Crippen LogP contribution in [0.1, 0.15) is 50.1 Å². The molecule has 0 spiro atoms. The summed E-state index contributed by atoms with van der Waals surface area (Å²) >= 11 is 0. The normalized spacial score (nSPS) is 16.0. The van der Waals surface area contributed by atoms with Gasteiger partial charge in [-0.05, 0) is 59.1 Å². The Morgan fingerprint density at radius 3 is 2.22 bits per heavy atom. The third-order valence-electron chi connectivity index (χ3n) is 8.67. The second-order valence-corrected chi connectivity index (χ2v) is 22.4. The van der Waals surface area contributed by atoms with Crippen LogP contribution in [0.2, 0.25) is 31.2 Å². The molecule has 1 aliphatic carbocycles. The Morgan fingerprint density at radius 2 is 1.61 bits per heavy atom. The number of ether oxygens (including phenoxy) is 1. The summed E-state index contributed by atoms with van der Waals surface area (Å²) in [7, 11) is -3.90. The molecule has 0 saturated heterocycles. The summed E-state index contributed by atoms with van der Waals surface area (Å²) in [6, 6.07) is 17.9. The molecule has 0 amide bonds. The van der Waals surface area contributed by atoms with Crippen LogP contribution in [-0.4, -0.2) is 27.3 Å². The van der Waals surface area contributed by atoms with Crippen LogP contribution in [0, 0.1) is 6.92 Å². The van der Waals surface area contributed by atoms with E-state index in [9.17, 15) is 0 Å². The molecule has 0 N–H and O–H groups in total. The average Bonchev–Trinajstić information content (AvgIpc) is 3.35. The summed E-state index contributed by atoms with van der Waals surface area (Å²) in [5.41, 5.74) is 7.23. The number of hydrogen-bond donors (Lipinski definition) is 0. The van der Waals surface area contributed by atoms with Gasteiger partial charge in [0.15, 0.2) is 0 Å². The second kappa shape index (κ2) is 9.39. The smallest absolute Gasteiger partial charge is 0.118 e. The molecule has 2 aromatic carbocycles. The zero-order valence-corrected chi connectivity index (χ0v) is 25.7. The maximum absolute atomic E-state index is 6.62. The minimum atomic E-state index is -2.06. The van der Waals surface area contributed by atoms with Crippen LogP contribution in [0.25, 0.3) is 11.8 Å². The van der Waals surface area contributed by atoms with Crippen LogP contribution < -0.4 is 15.1 Å². The van der Waals surface area contributed by atoms with E-state index in [1.165, 1.54) is 38.5 Å². The zero-order valence-electron chi connectivity index (χ0n) is 23.7. The largest absolute Gasteiger partial charge is 0.490 e. The van der Waals surface area contributed by atoms with Gasteiger partial charge in [0.2, 0.25) is 0 Å². The van der Waals surface area contributed by atoms with E-state index < -0.39 is 16.1 Å². The fourth-order valence-electron chi connectivity index (χ4n) is 5.75. The van der Waals surface area contributed by atoms with Crippen LogP contribution in [-0.2, 0) is 0 Å². The van der Waals surface area contributed by atoms with Gasteiger partial charge in [0.05, 0.1) is 16.1 Å². The van der Waals surface area contributed by atoms with Crippen molar-refractivity contribution in [2.24, 2.45) is 0 Å². The van der Waals surface area contributed by atoms with Crippen molar-refractivity contribution in [3.05, 3.63) is 89.8 Å². The molecular formula is C32H43NOSi2. The fraction of sp³-hybridized carbons (Fsp3) is 0.375. The number of benzene rings is 2. The number of para-hydroxylation sites is 1. The Morgan fingerprint density at radius 1 is 0.972 bits per heavy atom. The van der Waals surface area contributed by atoms with Crippen LogP contribution in [0.5, 0.6) is 5.75 Å². The summed E-state index contributed by atoms with van der Waals surface area (Å²) in [6.45, 7) is 26.3. The van der Waals surface area contributed by atoms with Crippen molar-refractivity contribution in [3.63, 3.8) is 0 Å². The van der Waals surface area contributed by atoms with E-state index in [4.69, 9.17) is 4.74 Å². The first-order chi connectivity index (χ1) is 16.8. The lowest BCUT2D eigenvalue weighted by Crippen LogP contribution is -2.55. The van der Waals surface area contributed by atoms with Gasteiger partial charge in [-0.15, -0.1) is 0 Å². The summed E-state index contributed by atoms with van der Waals surface area (Å²) in [4.78, 5) is 0. The van der Waals surface area contributed by atoms with Crippen LogP contribution >= 0.6 is 0 Å². The molecule has 2 nitrogen and oxygen atoms in total. The SMILES string of the molecule is C=CCOc1c([Si](C)(C)C2C(C)=Cc3c2ccn3-c2ccccc2)cc(C)cc1[Si](C)(C)C(C)(C)C.